The molecule has 0 aliphatic carbocycles. The first kappa shape index (κ1) is 20.7. The summed E-state index contributed by atoms with van der Waals surface area (Å²) in [7, 11) is 3.22. The van der Waals surface area contributed by atoms with Crippen molar-refractivity contribution in [1.82, 2.24) is 5.32 Å². The number of benzene rings is 1. The van der Waals surface area contributed by atoms with Crippen molar-refractivity contribution >= 4 is 0 Å². The Morgan fingerprint density at radius 2 is 1.88 bits per heavy atom. The van der Waals surface area contributed by atoms with Gasteiger partial charge in [0.2, 0.25) is 0 Å². The molecule has 0 aliphatic rings. The van der Waals surface area contributed by atoms with Gasteiger partial charge in [-0.3, -0.25) is 0 Å². The van der Waals surface area contributed by atoms with Gasteiger partial charge in [0, 0.05) is 12.6 Å². The van der Waals surface area contributed by atoms with Gasteiger partial charge >= 0.3 is 0 Å². The van der Waals surface area contributed by atoms with Crippen molar-refractivity contribution in [2.24, 2.45) is 0 Å². The van der Waals surface area contributed by atoms with Crippen molar-refractivity contribution < 1.29 is 19.3 Å². The van der Waals surface area contributed by atoms with Gasteiger partial charge in [-0.1, -0.05) is 32.3 Å². The molecule has 0 amide bonds. The fraction of sp³-hybridized carbons (Fsp3) is 0.684. The SMILES string of the molecule is CCCCC[C@@H](C)NC[C@@H](O)COCc1ccc(OC)c(OC)c1. The number of hydrogen-bond acceptors (Lipinski definition) is 5. The summed E-state index contributed by atoms with van der Waals surface area (Å²) in [5.41, 5.74) is 0.987. The van der Waals surface area contributed by atoms with Gasteiger partial charge in [0.25, 0.3) is 0 Å². The summed E-state index contributed by atoms with van der Waals surface area (Å²) in [5, 5.41) is 13.4. The molecule has 1 aromatic rings. The summed E-state index contributed by atoms with van der Waals surface area (Å²) in [6.07, 6.45) is 4.38. The van der Waals surface area contributed by atoms with E-state index < -0.39 is 6.10 Å². The fourth-order valence-corrected chi connectivity index (χ4v) is 2.48. The van der Waals surface area contributed by atoms with Gasteiger partial charge in [0.05, 0.1) is 33.5 Å². The molecule has 0 unspecified atom stereocenters. The first-order valence-corrected chi connectivity index (χ1v) is 8.80. The minimum absolute atomic E-state index is 0.309. The molecule has 24 heavy (non-hydrogen) atoms. The van der Waals surface area contributed by atoms with Crippen LogP contribution in [0.2, 0.25) is 0 Å². The number of unbranched alkanes of at least 4 members (excludes halogenated alkanes) is 2. The fourth-order valence-electron chi connectivity index (χ4n) is 2.48. The van der Waals surface area contributed by atoms with Crippen molar-refractivity contribution in [3.8, 4) is 11.5 Å². The number of aliphatic hydroxyl groups is 1. The zero-order valence-electron chi connectivity index (χ0n) is 15.5. The lowest BCUT2D eigenvalue weighted by molar-refractivity contribution is 0.0276. The monoisotopic (exact) mass is 339 g/mol. The third kappa shape index (κ3) is 7.99. The Bertz CT molecular complexity index is 453. The Labute approximate surface area is 146 Å². The van der Waals surface area contributed by atoms with Gasteiger partial charge in [-0.2, -0.15) is 0 Å². The Kier molecular flexibility index (Phi) is 10.5. The van der Waals surface area contributed by atoms with Crippen molar-refractivity contribution in [3.05, 3.63) is 23.8 Å². The Morgan fingerprint density at radius 3 is 2.54 bits per heavy atom. The molecular formula is C19H33NO4. The summed E-state index contributed by atoms with van der Waals surface area (Å²) in [6.45, 7) is 5.66. The molecule has 2 N–H and O–H groups in total. The third-order valence-electron chi connectivity index (χ3n) is 3.97. The predicted molar refractivity (Wildman–Crippen MR) is 96.8 cm³/mol. The van der Waals surface area contributed by atoms with Gasteiger partial charge in [0.15, 0.2) is 11.5 Å². The number of rotatable bonds is 13. The highest BCUT2D eigenvalue weighted by atomic mass is 16.5. The van der Waals surface area contributed by atoms with Gasteiger partial charge in [0.1, 0.15) is 0 Å². The zero-order chi connectivity index (χ0) is 17.8. The van der Waals surface area contributed by atoms with E-state index in [-0.39, 0.29) is 0 Å². The lowest BCUT2D eigenvalue weighted by atomic mass is 10.1. The molecule has 0 bridgehead atoms. The largest absolute Gasteiger partial charge is 0.493 e. The van der Waals surface area contributed by atoms with E-state index in [9.17, 15) is 5.11 Å². The Hall–Kier alpha value is -1.30. The molecule has 0 aliphatic heterocycles. The molecule has 2 atom stereocenters. The molecular weight excluding hydrogens is 306 g/mol. The summed E-state index contributed by atoms with van der Waals surface area (Å²) < 4.78 is 16.1. The van der Waals surface area contributed by atoms with Crippen LogP contribution in [0.25, 0.3) is 0 Å². The molecule has 0 aromatic heterocycles. The number of ether oxygens (including phenoxy) is 3. The smallest absolute Gasteiger partial charge is 0.161 e. The van der Waals surface area contributed by atoms with E-state index in [1.54, 1.807) is 14.2 Å². The van der Waals surface area contributed by atoms with Crippen molar-refractivity contribution in [1.29, 1.82) is 0 Å². The van der Waals surface area contributed by atoms with Crippen molar-refractivity contribution in [3.63, 3.8) is 0 Å². The van der Waals surface area contributed by atoms with Gasteiger partial charge in [-0.05, 0) is 31.0 Å². The molecule has 0 saturated heterocycles. The summed E-state index contributed by atoms with van der Waals surface area (Å²) in [5.74, 6) is 1.38. The number of hydrogen-bond donors (Lipinski definition) is 2. The molecule has 0 fully saturated rings. The standard InChI is InChI=1S/C19H33NO4/c1-5-6-7-8-15(2)20-12-17(21)14-24-13-16-9-10-18(22-3)19(11-16)23-4/h9-11,15,17,20-21H,5-8,12-14H2,1-4H3/t15-,17-/m1/s1. The minimum Gasteiger partial charge on any atom is -0.493 e. The summed E-state index contributed by atoms with van der Waals surface area (Å²) in [4.78, 5) is 0. The van der Waals surface area contributed by atoms with E-state index in [0.717, 1.165) is 12.0 Å². The highest BCUT2D eigenvalue weighted by molar-refractivity contribution is 5.42. The highest BCUT2D eigenvalue weighted by Gasteiger charge is 2.09. The molecule has 0 radical (unpaired) electrons. The predicted octanol–water partition coefficient (Wildman–Crippen LogP) is 3.14. The first-order chi connectivity index (χ1) is 11.6. The average Bonchev–Trinajstić information content (AvgIpc) is 2.60. The van der Waals surface area contributed by atoms with Crippen LogP contribution in [0.4, 0.5) is 0 Å². The van der Waals surface area contributed by atoms with Crippen LogP contribution >= 0.6 is 0 Å². The molecule has 5 nitrogen and oxygen atoms in total. The zero-order valence-corrected chi connectivity index (χ0v) is 15.5. The number of methoxy groups -OCH3 is 2. The van der Waals surface area contributed by atoms with Crippen LogP contribution < -0.4 is 14.8 Å². The lowest BCUT2D eigenvalue weighted by Crippen LogP contribution is -2.35. The van der Waals surface area contributed by atoms with Crippen molar-refractivity contribution in [2.75, 3.05) is 27.4 Å². The van der Waals surface area contributed by atoms with E-state index >= 15 is 0 Å². The van der Waals surface area contributed by atoms with Crippen LogP contribution in [0.5, 0.6) is 11.5 Å². The minimum atomic E-state index is -0.501. The normalized spacial score (nSPS) is 13.5. The van der Waals surface area contributed by atoms with Crippen LogP contribution in [-0.2, 0) is 11.3 Å². The molecule has 0 spiro atoms. The van der Waals surface area contributed by atoms with E-state index in [2.05, 4.69) is 19.2 Å². The molecule has 1 aromatic carbocycles. The third-order valence-corrected chi connectivity index (χ3v) is 3.97. The van der Waals surface area contributed by atoms with Crippen LogP contribution in [0.1, 0.15) is 45.1 Å². The first-order valence-electron chi connectivity index (χ1n) is 8.80. The lowest BCUT2D eigenvalue weighted by Gasteiger charge is -2.17. The van der Waals surface area contributed by atoms with Crippen LogP contribution in [0.15, 0.2) is 18.2 Å². The van der Waals surface area contributed by atoms with Crippen LogP contribution in [0.3, 0.4) is 0 Å². The Balaban J connectivity index is 2.24. The molecule has 0 heterocycles. The Morgan fingerprint density at radius 1 is 1.12 bits per heavy atom. The highest BCUT2D eigenvalue weighted by Crippen LogP contribution is 2.27. The molecule has 1 rings (SSSR count). The molecule has 5 heteroatoms. The van der Waals surface area contributed by atoms with E-state index in [4.69, 9.17) is 14.2 Å². The van der Waals surface area contributed by atoms with Gasteiger partial charge < -0.3 is 24.6 Å². The summed E-state index contributed by atoms with van der Waals surface area (Å²) in [6, 6.07) is 6.10. The second kappa shape index (κ2) is 12.1. The van der Waals surface area contributed by atoms with Gasteiger partial charge in [-0.15, -0.1) is 0 Å². The van der Waals surface area contributed by atoms with E-state index in [1.165, 1.54) is 19.3 Å². The van der Waals surface area contributed by atoms with Gasteiger partial charge in [-0.25, -0.2) is 0 Å². The van der Waals surface area contributed by atoms with Crippen molar-refractivity contribution in [2.45, 2.75) is 58.3 Å². The number of aliphatic hydroxyl groups excluding tert-OH is 1. The van der Waals surface area contributed by atoms with Crippen LogP contribution in [0, 0.1) is 0 Å². The molecule has 138 valence electrons. The topological polar surface area (TPSA) is 60.0 Å². The van der Waals surface area contributed by atoms with E-state index in [1.807, 2.05) is 18.2 Å². The second-order valence-electron chi connectivity index (χ2n) is 6.16. The summed E-state index contributed by atoms with van der Waals surface area (Å²) >= 11 is 0. The quantitative estimate of drug-likeness (QED) is 0.541. The number of nitrogens with one attached hydrogen (secondary N) is 1. The molecule has 0 saturated carbocycles. The maximum atomic E-state index is 10.00. The average molecular weight is 339 g/mol. The maximum Gasteiger partial charge on any atom is 0.161 e. The maximum absolute atomic E-state index is 10.00. The van der Waals surface area contributed by atoms with E-state index in [0.29, 0.717) is 37.3 Å². The van der Waals surface area contributed by atoms with Crippen LogP contribution in [-0.4, -0.2) is 44.6 Å². The second-order valence-corrected chi connectivity index (χ2v) is 6.16.